The predicted molar refractivity (Wildman–Crippen MR) is 72.3 cm³/mol. The number of halogens is 4. The maximum absolute atomic E-state index is 12.9. The van der Waals surface area contributed by atoms with E-state index >= 15 is 0 Å². The number of nitrogens with zero attached hydrogens (tertiary/aromatic N) is 2. The highest BCUT2D eigenvalue weighted by Crippen LogP contribution is 2.36. The van der Waals surface area contributed by atoms with Gasteiger partial charge in [-0.1, -0.05) is 32.4 Å². The Kier molecular flexibility index (Phi) is 3.58. The summed E-state index contributed by atoms with van der Waals surface area (Å²) in [5.41, 5.74) is 0.0887. The van der Waals surface area contributed by atoms with Crippen LogP contribution in [0.3, 0.4) is 0 Å². The van der Waals surface area contributed by atoms with Gasteiger partial charge in [0.2, 0.25) is 0 Å². The van der Waals surface area contributed by atoms with Gasteiger partial charge in [-0.15, -0.1) is 0 Å². The Balaban J connectivity index is 2.58. The second kappa shape index (κ2) is 4.81. The van der Waals surface area contributed by atoms with E-state index in [4.69, 9.17) is 11.6 Å². The lowest BCUT2D eigenvalue weighted by Crippen LogP contribution is -2.18. The first-order chi connectivity index (χ1) is 9.10. The molecular formula is C14H14ClF3N2. The SMILES string of the molecule is CC(C)(C)c1ccnn1-c1ccc(Cl)c(C(F)(F)F)c1. The molecule has 1 aromatic carbocycles. The minimum atomic E-state index is -4.48. The van der Waals surface area contributed by atoms with E-state index in [1.807, 2.05) is 20.8 Å². The smallest absolute Gasteiger partial charge is 0.237 e. The molecule has 20 heavy (non-hydrogen) atoms. The van der Waals surface area contributed by atoms with Crippen LogP contribution in [0.1, 0.15) is 32.0 Å². The van der Waals surface area contributed by atoms with Gasteiger partial charge in [0.1, 0.15) is 0 Å². The van der Waals surface area contributed by atoms with Gasteiger partial charge < -0.3 is 0 Å². The van der Waals surface area contributed by atoms with Crippen LogP contribution in [-0.4, -0.2) is 9.78 Å². The van der Waals surface area contributed by atoms with Crippen LogP contribution < -0.4 is 0 Å². The lowest BCUT2D eigenvalue weighted by atomic mass is 9.92. The zero-order chi connectivity index (χ0) is 15.1. The van der Waals surface area contributed by atoms with E-state index < -0.39 is 11.7 Å². The van der Waals surface area contributed by atoms with Gasteiger partial charge in [0.15, 0.2) is 0 Å². The average molecular weight is 303 g/mol. The topological polar surface area (TPSA) is 17.8 Å². The van der Waals surface area contributed by atoms with Crippen molar-refractivity contribution >= 4 is 11.6 Å². The summed E-state index contributed by atoms with van der Waals surface area (Å²) in [7, 11) is 0. The van der Waals surface area contributed by atoms with Crippen LogP contribution in [0.5, 0.6) is 0 Å². The first-order valence-corrected chi connectivity index (χ1v) is 6.40. The average Bonchev–Trinajstić information content (AvgIpc) is 2.76. The minimum Gasteiger partial charge on any atom is -0.237 e. The van der Waals surface area contributed by atoms with Crippen molar-refractivity contribution in [3.63, 3.8) is 0 Å². The molecule has 1 heterocycles. The largest absolute Gasteiger partial charge is 0.417 e. The second-order valence-electron chi connectivity index (χ2n) is 5.54. The summed E-state index contributed by atoms with van der Waals surface area (Å²) < 4.78 is 40.2. The maximum Gasteiger partial charge on any atom is 0.417 e. The molecule has 108 valence electrons. The molecule has 0 atom stereocenters. The molecule has 0 fully saturated rings. The molecule has 0 aliphatic rings. The quantitative estimate of drug-likeness (QED) is 0.737. The van der Waals surface area contributed by atoms with Crippen molar-refractivity contribution in [1.29, 1.82) is 0 Å². The predicted octanol–water partition coefficient (Wildman–Crippen LogP) is 4.84. The fourth-order valence-electron chi connectivity index (χ4n) is 1.94. The highest BCUT2D eigenvalue weighted by molar-refractivity contribution is 6.31. The summed E-state index contributed by atoms with van der Waals surface area (Å²) in [4.78, 5) is 0. The van der Waals surface area contributed by atoms with Crippen molar-refractivity contribution in [2.24, 2.45) is 0 Å². The molecule has 2 rings (SSSR count). The second-order valence-corrected chi connectivity index (χ2v) is 5.95. The monoisotopic (exact) mass is 302 g/mol. The molecule has 1 aromatic heterocycles. The third-order valence-electron chi connectivity index (χ3n) is 2.91. The first-order valence-electron chi connectivity index (χ1n) is 6.02. The number of aromatic nitrogens is 2. The van der Waals surface area contributed by atoms with Crippen molar-refractivity contribution in [3.8, 4) is 5.69 Å². The third kappa shape index (κ3) is 2.82. The van der Waals surface area contributed by atoms with Crippen LogP contribution in [0.15, 0.2) is 30.5 Å². The standard InChI is InChI=1S/C14H14ClF3N2/c1-13(2,3)12-6-7-19-20(12)9-4-5-11(15)10(8-9)14(16,17)18/h4-8H,1-3H3. The molecule has 2 aromatic rings. The number of alkyl halides is 3. The lowest BCUT2D eigenvalue weighted by molar-refractivity contribution is -0.137. The Morgan fingerprint density at radius 3 is 2.30 bits per heavy atom. The van der Waals surface area contributed by atoms with Gasteiger partial charge in [0.25, 0.3) is 0 Å². The van der Waals surface area contributed by atoms with E-state index in [-0.39, 0.29) is 10.4 Å². The van der Waals surface area contributed by atoms with E-state index in [2.05, 4.69) is 5.10 Å². The molecule has 0 bridgehead atoms. The molecule has 2 nitrogen and oxygen atoms in total. The van der Waals surface area contributed by atoms with Crippen LogP contribution >= 0.6 is 11.6 Å². The van der Waals surface area contributed by atoms with Crippen molar-refractivity contribution in [1.82, 2.24) is 9.78 Å². The maximum atomic E-state index is 12.9. The minimum absolute atomic E-state index is 0.228. The normalized spacial score (nSPS) is 12.8. The molecule has 0 spiro atoms. The van der Waals surface area contributed by atoms with Crippen molar-refractivity contribution < 1.29 is 13.2 Å². The van der Waals surface area contributed by atoms with E-state index in [9.17, 15) is 13.2 Å². The van der Waals surface area contributed by atoms with Crippen LogP contribution in [0, 0.1) is 0 Å². The van der Waals surface area contributed by atoms with Gasteiger partial charge in [-0.25, -0.2) is 4.68 Å². The van der Waals surface area contributed by atoms with Crippen LogP contribution in [-0.2, 0) is 11.6 Å². The van der Waals surface area contributed by atoms with Gasteiger partial charge in [0.05, 0.1) is 16.3 Å². The number of hydrogen-bond acceptors (Lipinski definition) is 1. The molecule has 0 amide bonds. The molecule has 0 unspecified atom stereocenters. The number of rotatable bonds is 1. The van der Waals surface area contributed by atoms with Gasteiger partial charge in [-0.3, -0.25) is 0 Å². The Morgan fingerprint density at radius 1 is 1.10 bits per heavy atom. The molecule has 6 heteroatoms. The molecule has 0 radical (unpaired) electrons. The van der Waals surface area contributed by atoms with Gasteiger partial charge in [-0.2, -0.15) is 18.3 Å². The summed E-state index contributed by atoms with van der Waals surface area (Å²) in [6.07, 6.45) is -2.91. The van der Waals surface area contributed by atoms with Gasteiger partial charge in [0, 0.05) is 17.3 Å². The van der Waals surface area contributed by atoms with Crippen LogP contribution in [0.2, 0.25) is 5.02 Å². The van der Waals surface area contributed by atoms with Crippen LogP contribution in [0.25, 0.3) is 5.69 Å². The van der Waals surface area contributed by atoms with Gasteiger partial charge in [-0.05, 0) is 24.3 Å². The Morgan fingerprint density at radius 2 is 1.75 bits per heavy atom. The number of benzene rings is 1. The summed E-state index contributed by atoms with van der Waals surface area (Å²) in [6.45, 7) is 5.92. The fraction of sp³-hybridized carbons (Fsp3) is 0.357. The lowest BCUT2D eigenvalue weighted by Gasteiger charge is -2.21. The molecule has 0 N–H and O–H groups in total. The van der Waals surface area contributed by atoms with Crippen molar-refractivity contribution in [2.45, 2.75) is 32.4 Å². The summed E-state index contributed by atoms with van der Waals surface area (Å²) in [5, 5.41) is 3.80. The van der Waals surface area contributed by atoms with E-state index in [1.165, 1.54) is 16.8 Å². The van der Waals surface area contributed by atoms with Crippen molar-refractivity contribution in [3.05, 3.63) is 46.7 Å². The third-order valence-corrected chi connectivity index (χ3v) is 3.24. The molecule has 0 saturated carbocycles. The Bertz CT molecular complexity index is 624. The summed E-state index contributed by atoms with van der Waals surface area (Å²) in [5.74, 6) is 0. The zero-order valence-corrected chi connectivity index (χ0v) is 12.0. The first kappa shape index (κ1) is 14.9. The number of hydrogen-bond donors (Lipinski definition) is 0. The molecular weight excluding hydrogens is 289 g/mol. The fourth-order valence-corrected chi connectivity index (χ4v) is 2.16. The highest BCUT2D eigenvalue weighted by Gasteiger charge is 2.33. The van der Waals surface area contributed by atoms with E-state index in [0.717, 1.165) is 11.8 Å². The van der Waals surface area contributed by atoms with E-state index in [1.54, 1.807) is 12.3 Å². The summed E-state index contributed by atoms with van der Waals surface area (Å²) in [6, 6.07) is 5.58. The van der Waals surface area contributed by atoms with Crippen LogP contribution in [0.4, 0.5) is 13.2 Å². The highest BCUT2D eigenvalue weighted by atomic mass is 35.5. The molecule has 0 aliphatic heterocycles. The van der Waals surface area contributed by atoms with Crippen molar-refractivity contribution in [2.75, 3.05) is 0 Å². The summed E-state index contributed by atoms with van der Waals surface area (Å²) >= 11 is 5.62. The molecule has 0 aliphatic carbocycles. The van der Waals surface area contributed by atoms with E-state index in [0.29, 0.717) is 5.69 Å². The zero-order valence-electron chi connectivity index (χ0n) is 11.3. The Hall–Kier alpha value is -1.49. The Labute approximate surface area is 120 Å². The molecule has 0 saturated heterocycles. The van der Waals surface area contributed by atoms with Gasteiger partial charge >= 0.3 is 6.18 Å².